The van der Waals surface area contributed by atoms with E-state index >= 15 is 0 Å². The molecule has 1 aliphatic rings. The maximum absolute atomic E-state index is 12.1. The van der Waals surface area contributed by atoms with Crippen LogP contribution in [0.15, 0.2) is 29.2 Å². The van der Waals surface area contributed by atoms with Crippen LogP contribution < -0.4 is 9.64 Å². The predicted molar refractivity (Wildman–Crippen MR) is 102 cm³/mol. The maximum atomic E-state index is 12.1. The van der Waals surface area contributed by atoms with Crippen molar-refractivity contribution in [2.75, 3.05) is 40.9 Å². The lowest BCUT2D eigenvalue weighted by Gasteiger charge is -2.14. The largest absolute Gasteiger partial charge is 0.497 e. The molecule has 1 saturated heterocycles. The molecule has 0 aromatic heterocycles. The molecule has 0 saturated carbocycles. The van der Waals surface area contributed by atoms with E-state index in [0.717, 1.165) is 23.1 Å². The molecule has 6 nitrogen and oxygen atoms in total. The van der Waals surface area contributed by atoms with Crippen molar-refractivity contribution in [3.05, 3.63) is 34.7 Å². The van der Waals surface area contributed by atoms with Crippen molar-refractivity contribution < 1.29 is 24.0 Å². The third-order valence-corrected chi connectivity index (χ3v) is 4.94. The molecule has 1 heterocycles. The van der Waals surface area contributed by atoms with Crippen molar-refractivity contribution in [1.82, 2.24) is 4.90 Å². The Bertz CT molecular complexity index is 686. The third-order valence-electron chi connectivity index (χ3n) is 3.44. The number of thioether (sulfide) groups is 1. The molecule has 2 rings (SSSR count). The van der Waals surface area contributed by atoms with E-state index in [2.05, 4.69) is 0 Å². The number of carbonyl (C=O) groups is 2. The zero-order valence-corrected chi connectivity index (χ0v) is 16.0. The number of carbonyl (C=O) groups excluding carboxylic acids is 2. The number of rotatable bonds is 7. The summed E-state index contributed by atoms with van der Waals surface area (Å²) in [7, 11) is 5.55. The number of hydrogen-bond acceptors (Lipinski definition) is 6. The quantitative estimate of drug-likeness (QED) is 0.435. The van der Waals surface area contributed by atoms with Crippen LogP contribution in [0.3, 0.4) is 0 Å². The van der Waals surface area contributed by atoms with E-state index in [-0.39, 0.29) is 11.8 Å². The number of likely N-dealkylation sites (N-methyl/N-ethyl adjacent to an activating group) is 1. The number of amides is 1. The average Bonchev–Trinajstić information content (AvgIpc) is 2.83. The van der Waals surface area contributed by atoms with Crippen molar-refractivity contribution in [2.24, 2.45) is 0 Å². The van der Waals surface area contributed by atoms with Gasteiger partial charge < -0.3 is 14.4 Å². The molecule has 0 bridgehead atoms. The number of hydrogen-bond donors (Lipinski definition) is 1. The molecule has 0 unspecified atom stereocenters. The van der Waals surface area contributed by atoms with Crippen molar-refractivity contribution in [2.45, 2.75) is 0 Å². The van der Waals surface area contributed by atoms with Gasteiger partial charge in [-0.15, -0.1) is 0 Å². The van der Waals surface area contributed by atoms with Gasteiger partial charge in [0.15, 0.2) is 0 Å². The molecule has 1 fully saturated rings. The summed E-state index contributed by atoms with van der Waals surface area (Å²) in [6.07, 6.45) is 1.82. The number of esters is 1. The van der Waals surface area contributed by atoms with Gasteiger partial charge in [0, 0.05) is 0 Å². The minimum Gasteiger partial charge on any atom is -0.497 e. The van der Waals surface area contributed by atoms with Gasteiger partial charge in [-0.1, -0.05) is 24.4 Å². The topological polar surface area (TPSA) is 60.3 Å². The Morgan fingerprint density at radius 2 is 2.00 bits per heavy atom. The highest BCUT2D eigenvalue weighted by Gasteiger charge is 2.33. The molecule has 1 aromatic carbocycles. The highest BCUT2D eigenvalue weighted by molar-refractivity contribution is 8.19. The molecule has 1 amide bonds. The number of ether oxygens (including phenoxy) is 2. The molecule has 1 aliphatic heterocycles. The Morgan fingerprint density at radius 1 is 1.32 bits per heavy atom. The van der Waals surface area contributed by atoms with Crippen molar-refractivity contribution in [3.63, 3.8) is 0 Å². The Balaban J connectivity index is 1.98. The molecular formula is C17H21N2O4S2+. The van der Waals surface area contributed by atoms with E-state index in [4.69, 9.17) is 21.7 Å². The highest BCUT2D eigenvalue weighted by Crippen LogP contribution is 2.33. The number of nitrogens with zero attached hydrogens (tertiary/aromatic N) is 1. The van der Waals surface area contributed by atoms with E-state index in [1.807, 2.05) is 44.4 Å². The van der Waals surface area contributed by atoms with Gasteiger partial charge in [-0.3, -0.25) is 14.5 Å². The molecule has 0 spiro atoms. The Labute approximate surface area is 156 Å². The summed E-state index contributed by atoms with van der Waals surface area (Å²) >= 11 is 6.36. The van der Waals surface area contributed by atoms with Gasteiger partial charge in [-0.25, -0.2) is 0 Å². The van der Waals surface area contributed by atoms with Gasteiger partial charge in [0.2, 0.25) is 0 Å². The van der Waals surface area contributed by atoms with Crippen LogP contribution in [0.5, 0.6) is 5.75 Å². The number of nitrogens with one attached hydrogen (secondary N) is 1. The molecular weight excluding hydrogens is 360 g/mol. The Kier molecular flexibility index (Phi) is 6.98. The van der Waals surface area contributed by atoms with Crippen LogP contribution in [0.4, 0.5) is 4.79 Å². The number of quaternary nitrogens is 1. The highest BCUT2D eigenvalue weighted by atomic mass is 32.2. The fourth-order valence-corrected chi connectivity index (χ4v) is 3.27. The van der Waals surface area contributed by atoms with Gasteiger partial charge in [0.25, 0.3) is 5.24 Å². The molecule has 1 N–H and O–H groups in total. The second-order valence-corrected chi connectivity index (χ2v) is 7.10. The fraction of sp³-hybridized carbons (Fsp3) is 0.353. The lowest BCUT2D eigenvalue weighted by molar-refractivity contribution is -0.858. The summed E-state index contributed by atoms with van der Waals surface area (Å²) in [4.78, 5) is 27.5. The van der Waals surface area contributed by atoms with Gasteiger partial charge in [0.05, 0.1) is 26.1 Å². The second kappa shape index (κ2) is 8.98. The van der Waals surface area contributed by atoms with Crippen LogP contribution >= 0.6 is 24.0 Å². The molecule has 1 aromatic rings. The number of thiocarbonyl (C=S) groups is 1. The first-order valence-corrected chi connectivity index (χ1v) is 8.97. The van der Waals surface area contributed by atoms with Crippen LogP contribution in [0.1, 0.15) is 5.56 Å². The summed E-state index contributed by atoms with van der Waals surface area (Å²) in [6.45, 7) is 0.868. The van der Waals surface area contributed by atoms with E-state index in [1.165, 1.54) is 9.80 Å². The summed E-state index contributed by atoms with van der Waals surface area (Å²) in [5.74, 6) is 0.298. The van der Waals surface area contributed by atoms with Crippen LogP contribution in [0, 0.1) is 0 Å². The first-order chi connectivity index (χ1) is 11.9. The SMILES string of the molecule is COc1ccc(/C=C2/SC(=O)N(CC(=O)OCC[NH+](C)C)C2=S)cc1. The minimum atomic E-state index is -0.455. The molecule has 8 heteroatoms. The summed E-state index contributed by atoms with van der Waals surface area (Å²) < 4.78 is 10.3. The molecule has 0 aliphatic carbocycles. The van der Waals surface area contributed by atoms with E-state index in [0.29, 0.717) is 23.0 Å². The van der Waals surface area contributed by atoms with Gasteiger partial charge in [-0.2, -0.15) is 0 Å². The minimum absolute atomic E-state index is 0.159. The summed E-state index contributed by atoms with van der Waals surface area (Å²) in [5, 5.41) is -0.264. The molecule has 134 valence electrons. The second-order valence-electron chi connectivity index (χ2n) is 5.72. The van der Waals surface area contributed by atoms with E-state index < -0.39 is 5.97 Å². The average molecular weight is 381 g/mol. The lowest BCUT2D eigenvalue weighted by atomic mass is 10.2. The smallest absolute Gasteiger partial charge is 0.326 e. The fourth-order valence-electron chi connectivity index (χ4n) is 2.03. The van der Waals surface area contributed by atoms with Gasteiger partial charge >= 0.3 is 5.97 Å². The Morgan fingerprint density at radius 3 is 2.60 bits per heavy atom. The summed E-state index contributed by atoms with van der Waals surface area (Å²) in [5.41, 5.74) is 0.900. The molecule has 0 atom stereocenters. The maximum Gasteiger partial charge on any atom is 0.326 e. The number of methoxy groups -OCH3 is 1. The third kappa shape index (κ3) is 5.55. The first kappa shape index (κ1) is 19.4. The van der Waals surface area contributed by atoms with Crippen LogP contribution in [0.25, 0.3) is 6.08 Å². The molecule has 25 heavy (non-hydrogen) atoms. The van der Waals surface area contributed by atoms with E-state index in [9.17, 15) is 9.59 Å². The van der Waals surface area contributed by atoms with Crippen LogP contribution in [-0.2, 0) is 9.53 Å². The lowest BCUT2D eigenvalue weighted by Crippen LogP contribution is -3.06. The first-order valence-electron chi connectivity index (χ1n) is 7.75. The summed E-state index contributed by atoms with van der Waals surface area (Å²) in [6, 6.07) is 7.41. The normalized spacial score (nSPS) is 16.0. The Hall–Kier alpha value is -1.90. The molecule has 0 radical (unpaired) electrons. The zero-order chi connectivity index (χ0) is 18.4. The van der Waals surface area contributed by atoms with Crippen molar-refractivity contribution >= 4 is 46.3 Å². The predicted octanol–water partition coefficient (Wildman–Crippen LogP) is 1.22. The van der Waals surface area contributed by atoms with Gasteiger partial charge in [0.1, 0.15) is 30.4 Å². The zero-order valence-electron chi connectivity index (χ0n) is 14.4. The number of benzene rings is 1. The monoisotopic (exact) mass is 381 g/mol. The standard InChI is InChI=1S/C17H20N2O4S2/c1-18(2)8-9-23-15(20)11-19-16(24)14(25-17(19)21)10-12-4-6-13(22-3)7-5-12/h4-7,10H,8-9,11H2,1-3H3/p+1/b14-10+. The van der Waals surface area contributed by atoms with Crippen LogP contribution in [0.2, 0.25) is 0 Å². The van der Waals surface area contributed by atoms with Crippen molar-refractivity contribution in [1.29, 1.82) is 0 Å². The van der Waals surface area contributed by atoms with Crippen molar-refractivity contribution in [3.8, 4) is 5.75 Å². The van der Waals surface area contributed by atoms with Crippen LogP contribution in [-0.4, -0.2) is 62.0 Å². The van der Waals surface area contributed by atoms with Gasteiger partial charge in [-0.05, 0) is 35.5 Å². The van der Waals surface area contributed by atoms with E-state index in [1.54, 1.807) is 7.11 Å².